The average molecular weight is 388 g/mol. The molecule has 0 aromatic carbocycles. The summed E-state index contributed by atoms with van der Waals surface area (Å²) in [6.07, 6.45) is 26.8. The highest BCUT2D eigenvalue weighted by Gasteiger charge is 2.02. The van der Waals surface area contributed by atoms with Crippen LogP contribution in [0.3, 0.4) is 0 Å². The highest BCUT2D eigenvalue weighted by molar-refractivity contribution is 5.69. The first-order valence-corrected chi connectivity index (χ1v) is 11.2. The highest BCUT2D eigenvalue weighted by Crippen LogP contribution is 2.11. The number of rotatable bonds is 18. The summed E-state index contributed by atoms with van der Waals surface area (Å²) in [5.41, 5.74) is 0.782. The van der Waals surface area contributed by atoms with E-state index in [1.165, 1.54) is 70.3 Å². The van der Waals surface area contributed by atoms with Crippen molar-refractivity contribution in [2.75, 3.05) is 6.61 Å². The van der Waals surface area contributed by atoms with Gasteiger partial charge < -0.3 is 4.74 Å². The van der Waals surface area contributed by atoms with Gasteiger partial charge in [-0.15, -0.1) is 0 Å². The third-order valence-corrected chi connectivity index (χ3v) is 4.60. The predicted octanol–water partition coefficient (Wildman–Crippen LogP) is 7.59. The summed E-state index contributed by atoms with van der Waals surface area (Å²) in [5.74, 6) is -0.159. The van der Waals surface area contributed by atoms with Gasteiger partial charge >= 0.3 is 5.97 Å². The highest BCUT2D eigenvalue weighted by atomic mass is 16.5. The normalized spacial score (nSPS) is 12.0. The van der Waals surface area contributed by atoms with Gasteiger partial charge in [0.05, 0.1) is 6.07 Å². The lowest BCUT2D eigenvalue weighted by Crippen LogP contribution is -2.06. The predicted molar refractivity (Wildman–Crippen MR) is 119 cm³/mol. The van der Waals surface area contributed by atoms with Gasteiger partial charge in [-0.2, -0.15) is 5.26 Å². The lowest BCUT2D eigenvalue weighted by molar-refractivity contribution is -0.142. The molecule has 28 heavy (non-hydrogen) atoms. The van der Waals surface area contributed by atoms with Gasteiger partial charge in [-0.3, -0.25) is 4.79 Å². The number of hydrogen-bond donors (Lipinski definition) is 0. The topological polar surface area (TPSA) is 50.1 Å². The van der Waals surface area contributed by atoms with Crippen LogP contribution in [0.2, 0.25) is 0 Å². The monoisotopic (exact) mass is 387 g/mol. The molecule has 0 bridgehead atoms. The number of unbranched alkanes of at least 4 members (excludes halogenated alkanes) is 10. The van der Waals surface area contributed by atoms with Crippen LogP contribution in [-0.4, -0.2) is 12.6 Å². The van der Waals surface area contributed by atoms with Crippen LogP contribution in [-0.2, 0) is 9.53 Å². The van der Waals surface area contributed by atoms with Crippen LogP contribution in [0.5, 0.6) is 0 Å². The zero-order valence-corrected chi connectivity index (χ0v) is 18.3. The Morgan fingerprint density at radius 3 is 2.04 bits per heavy atom. The molecule has 0 amide bonds. The summed E-state index contributed by atoms with van der Waals surface area (Å²) >= 11 is 0. The second-order valence-corrected chi connectivity index (χ2v) is 7.47. The fraction of sp³-hybridized carbons (Fsp3) is 0.680. The van der Waals surface area contributed by atoms with Crippen LogP contribution in [0.4, 0.5) is 0 Å². The van der Waals surface area contributed by atoms with E-state index in [1.54, 1.807) is 6.92 Å². The van der Waals surface area contributed by atoms with Gasteiger partial charge in [-0.25, -0.2) is 0 Å². The van der Waals surface area contributed by atoms with E-state index in [0.29, 0.717) is 6.42 Å². The summed E-state index contributed by atoms with van der Waals surface area (Å²) < 4.78 is 5.12. The van der Waals surface area contributed by atoms with Gasteiger partial charge in [0, 0.05) is 12.5 Å². The molecule has 0 aliphatic heterocycles. The Morgan fingerprint density at radius 1 is 0.857 bits per heavy atom. The van der Waals surface area contributed by atoms with E-state index in [4.69, 9.17) is 10.00 Å². The SMILES string of the molecule is CCCCC/C=C\C/C=C\CCCCCCCCCC(=O)OC/C(C)=C/C#N. The second kappa shape index (κ2) is 21.5. The van der Waals surface area contributed by atoms with Crippen LogP contribution >= 0.6 is 0 Å². The Balaban J connectivity index is 3.33. The van der Waals surface area contributed by atoms with Gasteiger partial charge in [0.15, 0.2) is 0 Å². The van der Waals surface area contributed by atoms with Crippen LogP contribution in [0.15, 0.2) is 36.0 Å². The largest absolute Gasteiger partial charge is 0.461 e. The Bertz CT molecular complexity index is 497. The summed E-state index contributed by atoms with van der Waals surface area (Å²) in [7, 11) is 0. The zero-order chi connectivity index (χ0) is 20.7. The molecule has 0 heterocycles. The molecule has 0 N–H and O–H groups in total. The van der Waals surface area contributed by atoms with Crippen molar-refractivity contribution in [3.05, 3.63) is 36.0 Å². The number of carbonyl (C=O) groups is 1. The van der Waals surface area contributed by atoms with E-state index >= 15 is 0 Å². The molecule has 0 rings (SSSR count). The van der Waals surface area contributed by atoms with Crippen molar-refractivity contribution in [3.8, 4) is 6.07 Å². The maximum Gasteiger partial charge on any atom is 0.306 e. The molecule has 0 aliphatic carbocycles. The molecule has 0 aromatic rings. The Kier molecular flexibility index (Phi) is 20.1. The summed E-state index contributed by atoms with van der Waals surface area (Å²) in [5, 5.41) is 8.50. The first-order valence-electron chi connectivity index (χ1n) is 11.2. The molecule has 0 atom stereocenters. The van der Waals surface area contributed by atoms with Gasteiger partial charge in [0.1, 0.15) is 6.61 Å². The van der Waals surface area contributed by atoms with Crippen molar-refractivity contribution in [2.45, 2.75) is 104 Å². The van der Waals surface area contributed by atoms with E-state index in [0.717, 1.165) is 24.8 Å². The second-order valence-electron chi connectivity index (χ2n) is 7.47. The molecule has 3 heteroatoms. The molecular weight excluding hydrogens is 346 g/mol. The van der Waals surface area contributed by atoms with Gasteiger partial charge in [-0.1, -0.05) is 76.2 Å². The molecule has 0 aromatic heterocycles. The fourth-order valence-electron chi connectivity index (χ4n) is 2.85. The Labute approximate surface area is 173 Å². The molecule has 0 unspecified atom stereocenters. The van der Waals surface area contributed by atoms with Crippen LogP contribution in [0.1, 0.15) is 104 Å². The third kappa shape index (κ3) is 20.5. The number of carbonyl (C=O) groups excluding carboxylic acids is 1. The minimum atomic E-state index is -0.159. The quantitative estimate of drug-likeness (QED) is 0.105. The number of nitrogens with zero attached hydrogens (tertiary/aromatic N) is 1. The lowest BCUT2D eigenvalue weighted by Gasteiger charge is -2.04. The summed E-state index contributed by atoms with van der Waals surface area (Å²) in [4.78, 5) is 11.6. The molecule has 3 nitrogen and oxygen atoms in total. The van der Waals surface area contributed by atoms with Crippen molar-refractivity contribution < 1.29 is 9.53 Å². The lowest BCUT2D eigenvalue weighted by atomic mass is 10.1. The number of nitriles is 1. The zero-order valence-electron chi connectivity index (χ0n) is 18.3. The molecule has 0 saturated carbocycles. The number of esters is 1. The molecule has 0 aliphatic rings. The standard InChI is InChI=1S/C25H41NO2/c1-3-4-5-6-7-8-9-10-11-12-13-14-15-16-17-18-19-20-25(27)28-23-24(2)21-22-26/h7-8,10-11,21H,3-6,9,12-20,23H2,1-2H3/b8-7-,11-10-,24-21+. The van der Waals surface area contributed by atoms with Crippen molar-refractivity contribution in [2.24, 2.45) is 0 Å². The first kappa shape index (κ1) is 26.2. The van der Waals surface area contributed by atoms with Crippen molar-refractivity contribution in [1.82, 2.24) is 0 Å². The van der Waals surface area contributed by atoms with E-state index in [2.05, 4.69) is 31.2 Å². The number of ether oxygens (including phenoxy) is 1. The minimum absolute atomic E-state index is 0.159. The maximum absolute atomic E-state index is 11.6. The van der Waals surface area contributed by atoms with Gasteiger partial charge in [0.25, 0.3) is 0 Å². The third-order valence-electron chi connectivity index (χ3n) is 4.60. The van der Waals surface area contributed by atoms with Crippen LogP contribution in [0, 0.1) is 11.3 Å². The van der Waals surface area contributed by atoms with Crippen LogP contribution < -0.4 is 0 Å². The molecule has 0 radical (unpaired) electrons. The van der Waals surface area contributed by atoms with Gasteiger partial charge in [-0.05, 0) is 51.0 Å². The smallest absolute Gasteiger partial charge is 0.306 e. The first-order chi connectivity index (χ1) is 13.7. The van der Waals surface area contributed by atoms with E-state index < -0.39 is 0 Å². The Morgan fingerprint density at radius 2 is 1.43 bits per heavy atom. The number of hydrogen-bond acceptors (Lipinski definition) is 3. The molecule has 0 spiro atoms. The molecule has 158 valence electrons. The minimum Gasteiger partial charge on any atom is -0.461 e. The van der Waals surface area contributed by atoms with E-state index in [-0.39, 0.29) is 12.6 Å². The van der Waals surface area contributed by atoms with Crippen LogP contribution in [0.25, 0.3) is 0 Å². The summed E-state index contributed by atoms with van der Waals surface area (Å²) in [6.45, 7) is 4.27. The van der Waals surface area contributed by atoms with E-state index in [9.17, 15) is 4.79 Å². The molecule has 0 fully saturated rings. The van der Waals surface area contributed by atoms with Gasteiger partial charge in [0.2, 0.25) is 0 Å². The van der Waals surface area contributed by atoms with E-state index in [1.807, 2.05) is 6.07 Å². The maximum atomic E-state index is 11.6. The number of allylic oxidation sites excluding steroid dienone is 5. The van der Waals surface area contributed by atoms with Crippen molar-refractivity contribution >= 4 is 5.97 Å². The van der Waals surface area contributed by atoms with Crippen molar-refractivity contribution in [1.29, 1.82) is 5.26 Å². The fourth-order valence-corrected chi connectivity index (χ4v) is 2.85. The average Bonchev–Trinajstić information content (AvgIpc) is 2.69. The molecule has 0 saturated heterocycles. The summed E-state index contributed by atoms with van der Waals surface area (Å²) in [6, 6.07) is 1.93. The molecular formula is C25H41NO2. The van der Waals surface area contributed by atoms with Crippen molar-refractivity contribution in [3.63, 3.8) is 0 Å². The Hall–Kier alpha value is -1.82.